The van der Waals surface area contributed by atoms with Crippen molar-refractivity contribution in [1.82, 2.24) is 5.32 Å². The van der Waals surface area contributed by atoms with Crippen molar-refractivity contribution in [2.45, 2.75) is 45.2 Å². The number of carboxylic acids is 1. The van der Waals surface area contributed by atoms with Crippen molar-refractivity contribution >= 4 is 5.97 Å². The molecule has 2 aliphatic carbocycles. The largest absolute Gasteiger partial charge is 0.478 e. The van der Waals surface area contributed by atoms with E-state index in [2.05, 4.69) is 12.2 Å². The fourth-order valence-electron chi connectivity index (χ4n) is 4.18. The van der Waals surface area contributed by atoms with Crippen LogP contribution >= 0.6 is 0 Å². The molecule has 0 amide bonds. The molecular weight excluding hydrogens is 269 g/mol. The lowest BCUT2D eigenvalue weighted by atomic mass is 9.84. The number of halogens is 1. The van der Waals surface area contributed by atoms with Crippen LogP contribution in [-0.2, 0) is 6.54 Å². The predicted octanol–water partition coefficient (Wildman–Crippen LogP) is 3.44. The van der Waals surface area contributed by atoms with Gasteiger partial charge in [0.2, 0.25) is 0 Å². The third-order valence-electron chi connectivity index (χ3n) is 5.33. The van der Waals surface area contributed by atoms with Crippen LogP contribution in [0.4, 0.5) is 4.39 Å². The van der Waals surface area contributed by atoms with E-state index in [0.717, 1.165) is 23.3 Å². The van der Waals surface area contributed by atoms with E-state index in [1.807, 2.05) is 0 Å². The molecule has 3 rings (SSSR count). The van der Waals surface area contributed by atoms with Crippen LogP contribution in [0, 0.1) is 23.6 Å². The number of aromatic carboxylic acids is 1. The Bertz CT molecular complexity index is 546. The molecule has 3 nitrogen and oxygen atoms in total. The first-order valence-corrected chi connectivity index (χ1v) is 7.79. The Morgan fingerprint density at radius 1 is 1.43 bits per heavy atom. The summed E-state index contributed by atoms with van der Waals surface area (Å²) in [6, 6.07) is 4.79. The van der Waals surface area contributed by atoms with Gasteiger partial charge in [0.05, 0.1) is 5.56 Å². The van der Waals surface area contributed by atoms with Gasteiger partial charge in [0.15, 0.2) is 0 Å². The van der Waals surface area contributed by atoms with Gasteiger partial charge in [0.1, 0.15) is 5.82 Å². The average Bonchev–Trinajstić information content (AvgIpc) is 3.07. The first-order valence-electron chi connectivity index (χ1n) is 7.79. The minimum Gasteiger partial charge on any atom is -0.478 e. The van der Waals surface area contributed by atoms with E-state index in [1.54, 1.807) is 6.07 Å². The summed E-state index contributed by atoms with van der Waals surface area (Å²) >= 11 is 0. The van der Waals surface area contributed by atoms with Crippen LogP contribution in [0.5, 0.6) is 0 Å². The Morgan fingerprint density at radius 2 is 2.24 bits per heavy atom. The molecule has 4 unspecified atom stereocenters. The molecule has 0 saturated heterocycles. The number of rotatable bonds is 5. The highest BCUT2D eigenvalue weighted by molar-refractivity contribution is 5.87. The van der Waals surface area contributed by atoms with Crippen LogP contribution < -0.4 is 5.32 Å². The molecule has 4 heteroatoms. The Hall–Kier alpha value is -1.42. The lowest BCUT2D eigenvalue weighted by molar-refractivity contribution is 0.0692. The van der Waals surface area contributed by atoms with E-state index in [0.29, 0.717) is 12.6 Å². The molecule has 0 radical (unpaired) electrons. The SMILES string of the molecule is CC(NCc1ccc(C(=O)O)c(F)c1)C1CC2CCC1C2. The Labute approximate surface area is 124 Å². The minimum absolute atomic E-state index is 0.264. The summed E-state index contributed by atoms with van der Waals surface area (Å²) in [6.07, 6.45) is 5.48. The number of nitrogens with one attached hydrogen (secondary N) is 1. The number of carbonyl (C=O) groups is 1. The summed E-state index contributed by atoms with van der Waals surface area (Å²) in [4.78, 5) is 10.8. The van der Waals surface area contributed by atoms with E-state index in [-0.39, 0.29) is 5.56 Å². The monoisotopic (exact) mass is 291 g/mol. The zero-order valence-electron chi connectivity index (χ0n) is 12.3. The fourth-order valence-corrected chi connectivity index (χ4v) is 4.18. The Morgan fingerprint density at radius 3 is 2.81 bits per heavy atom. The van der Waals surface area contributed by atoms with Crippen molar-refractivity contribution in [2.24, 2.45) is 17.8 Å². The van der Waals surface area contributed by atoms with Crippen molar-refractivity contribution in [3.8, 4) is 0 Å². The highest BCUT2D eigenvalue weighted by Crippen LogP contribution is 2.49. The maximum atomic E-state index is 13.6. The van der Waals surface area contributed by atoms with Gasteiger partial charge in [-0.25, -0.2) is 9.18 Å². The quantitative estimate of drug-likeness (QED) is 0.873. The van der Waals surface area contributed by atoms with E-state index >= 15 is 0 Å². The Balaban J connectivity index is 1.57. The lowest BCUT2D eigenvalue weighted by Crippen LogP contribution is -2.35. The number of hydrogen-bond acceptors (Lipinski definition) is 2. The fraction of sp³-hybridized carbons (Fsp3) is 0.588. The van der Waals surface area contributed by atoms with E-state index in [4.69, 9.17) is 5.11 Å². The van der Waals surface area contributed by atoms with Gasteiger partial charge in [-0.15, -0.1) is 0 Å². The highest BCUT2D eigenvalue weighted by Gasteiger charge is 2.41. The summed E-state index contributed by atoms with van der Waals surface area (Å²) in [6.45, 7) is 2.80. The minimum atomic E-state index is -1.22. The summed E-state index contributed by atoms with van der Waals surface area (Å²) in [7, 11) is 0. The zero-order valence-corrected chi connectivity index (χ0v) is 12.3. The summed E-state index contributed by atoms with van der Waals surface area (Å²) in [5, 5.41) is 12.3. The van der Waals surface area contributed by atoms with Crippen LogP contribution in [0.25, 0.3) is 0 Å². The number of hydrogen-bond donors (Lipinski definition) is 2. The molecule has 2 aliphatic rings. The van der Waals surface area contributed by atoms with Gasteiger partial charge >= 0.3 is 5.97 Å². The predicted molar refractivity (Wildman–Crippen MR) is 78.6 cm³/mol. The average molecular weight is 291 g/mol. The summed E-state index contributed by atoms with van der Waals surface area (Å²) in [5.74, 6) is 0.656. The molecule has 1 aromatic carbocycles. The molecule has 114 valence electrons. The molecule has 0 aromatic heterocycles. The third-order valence-corrected chi connectivity index (χ3v) is 5.33. The summed E-state index contributed by atoms with van der Waals surface area (Å²) < 4.78 is 13.6. The standard InChI is InChI=1S/C17H22FNO2/c1-10(15-7-11-2-4-13(15)6-11)19-9-12-3-5-14(17(20)21)16(18)8-12/h3,5,8,10-11,13,15,19H,2,4,6-7,9H2,1H3,(H,20,21). The second-order valence-electron chi connectivity index (χ2n) is 6.63. The van der Waals surface area contributed by atoms with Gasteiger partial charge in [-0.2, -0.15) is 0 Å². The molecular formula is C17H22FNO2. The van der Waals surface area contributed by atoms with Crippen molar-refractivity contribution in [1.29, 1.82) is 0 Å². The molecule has 4 atom stereocenters. The van der Waals surface area contributed by atoms with Gasteiger partial charge in [-0.1, -0.05) is 12.5 Å². The molecule has 0 aliphatic heterocycles. The topological polar surface area (TPSA) is 49.3 Å². The molecule has 2 N–H and O–H groups in total. The van der Waals surface area contributed by atoms with Crippen LogP contribution in [0.3, 0.4) is 0 Å². The van der Waals surface area contributed by atoms with Crippen LogP contribution in [0.15, 0.2) is 18.2 Å². The highest BCUT2D eigenvalue weighted by atomic mass is 19.1. The van der Waals surface area contributed by atoms with Crippen molar-refractivity contribution < 1.29 is 14.3 Å². The second kappa shape index (κ2) is 5.76. The van der Waals surface area contributed by atoms with Gasteiger partial charge in [-0.3, -0.25) is 0 Å². The molecule has 0 spiro atoms. The van der Waals surface area contributed by atoms with Gasteiger partial charge in [-0.05, 0) is 61.6 Å². The molecule has 1 aromatic rings. The van der Waals surface area contributed by atoms with Gasteiger partial charge < -0.3 is 10.4 Å². The lowest BCUT2D eigenvalue weighted by Gasteiger charge is -2.28. The van der Waals surface area contributed by atoms with Crippen molar-refractivity contribution in [3.63, 3.8) is 0 Å². The molecule has 0 heterocycles. The zero-order chi connectivity index (χ0) is 15.0. The Kier molecular flexibility index (Phi) is 3.98. The number of fused-ring (bicyclic) bond motifs is 2. The molecule has 2 saturated carbocycles. The van der Waals surface area contributed by atoms with Gasteiger partial charge in [0, 0.05) is 12.6 Å². The normalized spacial score (nSPS) is 28.8. The molecule has 21 heavy (non-hydrogen) atoms. The van der Waals surface area contributed by atoms with Crippen LogP contribution in [0.1, 0.15) is 48.5 Å². The molecule has 2 fully saturated rings. The first-order chi connectivity index (χ1) is 10.0. The van der Waals surface area contributed by atoms with E-state index < -0.39 is 11.8 Å². The third kappa shape index (κ3) is 2.95. The maximum absolute atomic E-state index is 13.6. The number of carboxylic acid groups (broad SMARTS) is 1. The maximum Gasteiger partial charge on any atom is 0.338 e. The van der Waals surface area contributed by atoms with Crippen molar-refractivity contribution in [3.05, 3.63) is 35.1 Å². The summed E-state index contributed by atoms with van der Waals surface area (Å²) in [5.41, 5.74) is 0.535. The first kappa shape index (κ1) is 14.5. The molecule has 2 bridgehead atoms. The number of benzene rings is 1. The van der Waals surface area contributed by atoms with Crippen LogP contribution in [-0.4, -0.2) is 17.1 Å². The van der Waals surface area contributed by atoms with E-state index in [9.17, 15) is 9.18 Å². The van der Waals surface area contributed by atoms with Crippen molar-refractivity contribution in [2.75, 3.05) is 0 Å². The smallest absolute Gasteiger partial charge is 0.338 e. The van der Waals surface area contributed by atoms with E-state index in [1.165, 1.54) is 37.8 Å². The van der Waals surface area contributed by atoms with Crippen LogP contribution in [0.2, 0.25) is 0 Å². The second-order valence-corrected chi connectivity index (χ2v) is 6.63. The van der Waals surface area contributed by atoms with Gasteiger partial charge in [0.25, 0.3) is 0 Å².